The minimum atomic E-state index is 0.781. The van der Waals surface area contributed by atoms with Gasteiger partial charge in [-0.3, -0.25) is 0 Å². The molecule has 14 heavy (non-hydrogen) atoms. The second kappa shape index (κ2) is 4.98. The summed E-state index contributed by atoms with van der Waals surface area (Å²) in [6, 6.07) is 0. The molecule has 0 amide bonds. The Kier molecular flexibility index (Phi) is 3.64. The third-order valence-corrected chi connectivity index (χ3v) is 4.40. The van der Waals surface area contributed by atoms with E-state index in [-0.39, 0.29) is 0 Å². The first-order valence-electron chi connectivity index (χ1n) is 5.06. The average Bonchev–Trinajstić information content (AvgIpc) is 2.86. The molecule has 1 aliphatic heterocycles. The zero-order valence-corrected chi connectivity index (χ0v) is 9.96. The van der Waals surface area contributed by atoms with E-state index in [0.717, 1.165) is 29.2 Å². The second-order valence-corrected chi connectivity index (χ2v) is 5.55. The minimum absolute atomic E-state index is 0.781. The third-order valence-electron chi connectivity index (χ3n) is 2.29. The van der Waals surface area contributed by atoms with Crippen molar-refractivity contribution in [2.45, 2.75) is 31.4 Å². The van der Waals surface area contributed by atoms with Gasteiger partial charge in [0.2, 0.25) is 5.13 Å². The predicted molar refractivity (Wildman–Crippen MR) is 63.3 cm³/mol. The van der Waals surface area contributed by atoms with Crippen molar-refractivity contribution < 1.29 is 0 Å². The van der Waals surface area contributed by atoms with E-state index < -0.39 is 0 Å². The van der Waals surface area contributed by atoms with E-state index in [1.807, 2.05) is 0 Å². The molecule has 78 valence electrons. The number of hydrogen-bond acceptors (Lipinski definition) is 5. The number of nitrogens with zero attached hydrogens (tertiary/aromatic N) is 2. The largest absolute Gasteiger partial charge is 0.359 e. The van der Waals surface area contributed by atoms with E-state index in [1.165, 1.54) is 30.1 Å². The van der Waals surface area contributed by atoms with Crippen LogP contribution >= 0.6 is 23.3 Å². The molecule has 1 aromatic heterocycles. The summed E-state index contributed by atoms with van der Waals surface area (Å²) in [5.41, 5.74) is 0. The topological polar surface area (TPSA) is 37.8 Å². The molecule has 3 nitrogen and oxygen atoms in total. The van der Waals surface area contributed by atoms with Gasteiger partial charge in [0.25, 0.3) is 0 Å². The fourth-order valence-electron chi connectivity index (χ4n) is 1.48. The lowest BCUT2D eigenvalue weighted by molar-refractivity contribution is 0.804. The van der Waals surface area contributed by atoms with Gasteiger partial charge >= 0.3 is 0 Å². The van der Waals surface area contributed by atoms with Gasteiger partial charge in [-0.2, -0.15) is 16.1 Å². The molecule has 0 bridgehead atoms. The van der Waals surface area contributed by atoms with Crippen LogP contribution in [0.2, 0.25) is 0 Å². The maximum atomic E-state index is 4.38. The lowest BCUT2D eigenvalue weighted by Gasteiger charge is -2.07. The van der Waals surface area contributed by atoms with Gasteiger partial charge in [-0.25, -0.2) is 4.98 Å². The van der Waals surface area contributed by atoms with E-state index in [0.29, 0.717) is 0 Å². The number of thioether (sulfide) groups is 1. The van der Waals surface area contributed by atoms with E-state index in [9.17, 15) is 0 Å². The Morgan fingerprint density at radius 3 is 3.14 bits per heavy atom. The summed E-state index contributed by atoms with van der Waals surface area (Å²) in [6.45, 7) is 3.13. The normalized spacial score (nSPS) is 21.4. The Hall–Kier alpha value is -0.290. The minimum Gasteiger partial charge on any atom is -0.359 e. The maximum absolute atomic E-state index is 4.38. The Balaban J connectivity index is 1.79. The Labute approximate surface area is 92.9 Å². The molecule has 0 saturated carbocycles. The molecule has 0 aliphatic carbocycles. The molecular formula is C9H15N3S2. The van der Waals surface area contributed by atoms with Crippen LogP contribution in [-0.2, 0) is 6.42 Å². The lowest BCUT2D eigenvalue weighted by Crippen LogP contribution is -2.13. The highest BCUT2D eigenvalue weighted by molar-refractivity contribution is 8.00. The van der Waals surface area contributed by atoms with Gasteiger partial charge in [-0.05, 0) is 18.6 Å². The highest BCUT2D eigenvalue weighted by atomic mass is 32.2. The number of hydrogen-bond donors (Lipinski definition) is 1. The molecule has 1 aromatic rings. The second-order valence-electron chi connectivity index (χ2n) is 3.39. The molecule has 0 spiro atoms. The summed E-state index contributed by atoms with van der Waals surface area (Å²) < 4.78 is 4.24. The van der Waals surface area contributed by atoms with E-state index in [1.54, 1.807) is 0 Å². The molecule has 1 aliphatic rings. The van der Waals surface area contributed by atoms with E-state index >= 15 is 0 Å². The van der Waals surface area contributed by atoms with Crippen LogP contribution in [0.5, 0.6) is 0 Å². The average molecular weight is 229 g/mol. The van der Waals surface area contributed by atoms with Crippen LogP contribution in [0.25, 0.3) is 0 Å². The van der Waals surface area contributed by atoms with Crippen molar-refractivity contribution in [3.63, 3.8) is 0 Å². The molecule has 1 atom stereocenters. The smallest absolute Gasteiger partial charge is 0.202 e. The molecule has 2 heterocycles. The zero-order chi connectivity index (χ0) is 9.80. The summed E-state index contributed by atoms with van der Waals surface area (Å²) in [7, 11) is 0. The van der Waals surface area contributed by atoms with Crippen LogP contribution in [0, 0.1) is 0 Å². The lowest BCUT2D eigenvalue weighted by atomic mass is 10.2. The van der Waals surface area contributed by atoms with E-state index in [4.69, 9.17) is 0 Å². The highest BCUT2D eigenvalue weighted by Gasteiger charge is 2.15. The first-order valence-corrected chi connectivity index (χ1v) is 6.88. The Morgan fingerprint density at radius 2 is 2.50 bits per heavy atom. The van der Waals surface area contributed by atoms with Gasteiger partial charge in [0.05, 0.1) is 0 Å². The third kappa shape index (κ3) is 2.60. The molecule has 2 rings (SSSR count). The molecular weight excluding hydrogens is 214 g/mol. The molecule has 1 fully saturated rings. The molecule has 1 unspecified atom stereocenters. The van der Waals surface area contributed by atoms with Gasteiger partial charge in [-0.1, -0.05) is 6.92 Å². The first-order chi connectivity index (χ1) is 6.88. The van der Waals surface area contributed by atoms with Crippen LogP contribution < -0.4 is 5.32 Å². The predicted octanol–water partition coefficient (Wildman–Crippen LogP) is 2.41. The SMILES string of the molecule is CCc1nsc(NCC2CCCS2)n1. The molecule has 0 aromatic carbocycles. The molecule has 5 heteroatoms. The zero-order valence-electron chi connectivity index (χ0n) is 8.32. The molecule has 0 radical (unpaired) electrons. The van der Waals surface area contributed by atoms with Crippen LogP contribution in [0.4, 0.5) is 5.13 Å². The number of aromatic nitrogens is 2. The van der Waals surface area contributed by atoms with Crippen molar-refractivity contribution in [1.29, 1.82) is 0 Å². The van der Waals surface area contributed by atoms with Crippen molar-refractivity contribution >= 4 is 28.4 Å². The van der Waals surface area contributed by atoms with Gasteiger partial charge < -0.3 is 5.32 Å². The number of anilines is 1. The fourth-order valence-corrected chi connectivity index (χ4v) is 3.33. The number of rotatable bonds is 4. The van der Waals surface area contributed by atoms with Gasteiger partial charge in [0.15, 0.2) is 0 Å². The number of nitrogens with one attached hydrogen (secondary N) is 1. The summed E-state index contributed by atoms with van der Waals surface area (Å²) in [5, 5.41) is 5.13. The summed E-state index contributed by atoms with van der Waals surface area (Å²) in [6.07, 6.45) is 3.64. The number of aryl methyl sites for hydroxylation is 1. The summed E-state index contributed by atoms with van der Waals surface area (Å²) >= 11 is 3.54. The van der Waals surface area contributed by atoms with Crippen molar-refractivity contribution in [1.82, 2.24) is 9.36 Å². The molecule has 1 saturated heterocycles. The van der Waals surface area contributed by atoms with Crippen LogP contribution in [0.15, 0.2) is 0 Å². The van der Waals surface area contributed by atoms with Gasteiger partial charge in [0.1, 0.15) is 5.82 Å². The standard InChI is InChI=1S/C9H15N3S2/c1-2-8-11-9(14-12-8)10-6-7-4-3-5-13-7/h7H,2-6H2,1H3,(H,10,11,12). The monoisotopic (exact) mass is 229 g/mol. The van der Waals surface area contributed by atoms with Crippen molar-refractivity contribution in [2.24, 2.45) is 0 Å². The summed E-state index contributed by atoms with van der Waals surface area (Å²) in [4.78, 5) is 4.38. The van der Waals surface area contributed by atoms with Crippen molar-refractivity contribution in [3.05, 3.63) is 5.82 Å². The van der Waals surface area contributed by atoms with E-state index in [2.05, 4.69) is 33.4 Å². The fraction of sp³-hybridized carbons (Fsp3) is 0.778. The maximum Gasteiger partial charge on any atom is 0.202 e. The molecule has 1 N–H and O–H groups in total. The van der Waals surface area contributed by atoms with Crippen LogP contribution in [0.1, 0.15) is 25.6 Å². The Bertz CT molecular complexity index is 281. The van der Waals surface area contributed by atoms with Crippen molar-refractivity contribution in [3.8, 4) is 0 Å². The quantitative estimate of drug-likeness (QED) is 0.860. The van der Waals surface area contributed by atoms with Gasteiger partial charge in [-0.15, -0.1) is 0 Å². The Morgan fingerprint density at radius 1 is 1.57 bits per heavy atom. The van der Waals surface area contributed by atoms with Gasteiger partial charge in [0, 0.05) is 29.7 Å². The highest BCUT2D eigenvalue weighted by Crippen LogP contribution is 2.26. The first kappa shape index (κ1) is 10.2. The summed E-state index contributed by atoms with van der Waals surface area (Å²) in [5.74, 6) is 2.28. The van der Waals surface area contributed by atoms with Crippen LogP contribution in [0.3, 0.4) is 0 Å². The van der Waals surface area contributed by atoms with Crippen molar-refractivity contribution in [2.75, 3.05) is 17.6 Å². The van der Waals surface area contributed by atoms with Crippen LogP contribution in [-0.4, -0.2) is 26.9 Å².